The molecule has 0 aliphatic heterocycles. The van der Waals surface area contributed by atoms with Crippen LogP contribution in [-0.4, -0.2) is 16.0 Å². The van der Waals surface area contributed by atoms with Gasteiger partial charge in [-0.05, 0) is 30.7 Å². The molecule has 0 radical (unpaired) electrons. The van der Waals surface area contributed by atoms with Gasteiger partial charge >= 0.3 is 0 Å². The predicted molar refractivity (Wildman–Crippen MR) is 77.0 cm³/mol. The number of hydrogen-bond acceptors (Lipinski definition) is 2. The van der Waals surface area contributed by atoms with Gasteiger partial charge in [-0.15, -0.1) is 0 Å². The standard InChI is InChI=1S/C13H15IN2/c14-7-3-8-15-10-11-6-9-16-13-5-2-1-4-12(11)13/h1-2,4-6,9,15H,3,7-8,10H2. The Morgan fingerprint density at radius 1 is 1.19 bits per heavy atom. The van der Waals surface area contributed by atoms with Gasteiger partial charge in [-0.25, -0.2) is 0 Å². The molecular formula is C13H15IN2. The van der Waals surface area contributed by atoms with Crippen LogP contribution in [0, 0.1) is 0 Å². The highest BCUT2D eigenvalue weighted by Gasteiger charge is 1.99. The number of pyridine rings is 1. The summed E-state index contributed by atoms with van der Waals surface area (Å²) < 4.78 is 1.21. The van der Waals surface area contributed by atoms with Gasteiger partial charge in [0.15, 0.2) is 0 Å². The lowest BCUT2D eigenvalue weighted by molar-refractivity contribution is 0.684. The number of fused-ring (bicyclic) bond motifs is 1. The highest BCUT2D eigenvalue weighted by Crippen LogP contribution is 2.15. The van der Waals surface area contributed by atoms with Gasteiger partial charge in [0.25, 0.3) is 0 Å². The smallest absolute Gasteiger partial charge is 0.0705 e. The topological polar surface area (TPSA) is 24.9 Å². The molecule has 0 atom stereocenters. The largest absolute Gasteiger partial charge is 0.313 e. The van der Waals surface area contributed by atoms with E-state index in [1.807, 2.05) is 12.3 Å². The van der Waals surface area contributed by atoms with Crippen molar-refractivity contribution in [1.29, 1.82) is 0 Å². The van der Waals surface area contributed by atoms with Crippen LogP contribution >= 0.6 is 22.6 Å². The van der Waals surface area contributed by atoms with Crippen molar-refractivity contribution >= 4 is 33.5 Å². The number of aromatic nitrogens is 1. The van der Waals surface area contributed by atoms with E-state index in [9.17, 15) is 0 Å². The molecule has 0 fully saturated rings. The van der Waals surface area contributed by atoms with Crippen LogP contribution in [0.15, 0.2) is 36.5 Å². The monoisotopic (exact) mass is 326 g/mol. The van der Waals surface area contributed by atoms with E-state index in [2.05, 4.69) is 57.2 Å². The minimum atomic E-state index is 0.930. The first-order valence-corrected chi connectivity index (χ1v) is 7.03. The van der Waals surface area contributed by atoms with E-state index in [0.29, 0.717) is 0 Å². The predicted octanol–water partition coefficient (Wildman–Crippen LogP) is 3.15. The molecule has 0 bridgehead atoms. The molecule has 2 rings (SSSR count). The molecule has 3 heteroatoms. The fourth-order valence-corrected chi connectivity index (χ4v) is 2.11. The van der Waals surface area contributed by atoms with Crippen molar-refractivity contribution in [2.45, 2.75) is 13.0 Å². The molecule has 1 aromatic heterocycles. The molecule has 0 spiro atoms. The first-order chi connectivity index (χ1) is 7.92. The summed E-state index contributed by atoms with van der Waals surface area (Å²) in [5, 5.41) is 4.72. The summed E-state index contributed by atoms with van der Waals surface area (Å²) in [6, 6.07) is 10.4. The van der Waals surface area contributed by atoms with E-state index < -0.39 is 0 Å². The number of halogens is 1. The van der Waals surface area contributed by atoms with Crippen LogP contribution in [0.1, 0.15) is 12.0 Å². The highest BCUT2D eigenvalue weighted by atomic mass is 127. The maximum absolute atomic E-state index is 4.36. The van der Waals surface area contributed by atoms with E-state index in [1.165, 1.54) is 21.8 Å². The zero-order valence-corrected chi connectivity index (χ0v) is 11.3. The van der Waals surface area contributed by atoms with E-state index in [-0.39, 0.29) is 0 Å². The summed E-state index contributed by atoms with van der Waals surface area (Å²) in [6.45, 7) is 2.01. The molecule has 2 aromatic rings. The third-order valence-electron chi connectivity index (χ3n) is 2.54. The van der Waals surface area contributed by atoms with Crippen molar-refractivity contribution in [2.24, 2.45) is 0 Å². The second-order valence-electron chi connectivity index (χ2n) is 3.71. The Hall–Kier alpha value is -0.680. The highest BCUT2D eigenvalue weighted by molar-refractivity contribution is 14.1. The second kappa shape index (κ2) is 6.15. The Kier molecular flexibility index (Phi) is 4.54. The Morgan fingerprint density at radius 3 is 2.94 bits per heavy atom. The third kappa shape index (κ3) is 2.92. The van der Waals surface area contributed by atoms with Crippen molar-refractivity contribution in [2.75, 3.05) is 11.0 Å². The SMILES string of the molecule is ICCCNCc1ccnc2ccccc12. The number of hydrogen-bond donors (Lipinski definition) is 1. The van der Waals surface area contributed by atoms with Gasteiger partial charge in [-0.3, -0.25) is 4.98 Å². The Balaban J connectivity index is 2.11. The molecule has 2 nitrogen and oxygen atoms in total. The molecule has 0 aliphatic carbocycles. The normalized spacial score (nSPS) is 10.8. The Labute approximate surface area is 110 Å². The Bertz CT molecular complexity index is 451. The lowest BCUT2D eigenvalue weighted by Crippen LogP contribution is -2.15. The zero-order valence-electron chi connectivity index (χ0n) is 9.12. The molecule has 0 unspecified atom stereocenters. The van der Waals surface area contributed by atoms with Crippen LogP contribution in [0.2, 0.25) is 0 Å². The Morgan fingerprint density at radius 2 is 2.06 bits per heavy atom. The molecule has 0 aliphatic rings. The van der Waals surface area contributed by atoms with Crippen molar-refractivity contribution < 1.29 is 0 Å². The summed E-state index contributed by atoms with van der Waals surface area (Å²) in [7, 11) is 0. The zero-order chi connectivity index (χ0) is 11.2. The maximum Gasteiger partial charge on any atom is 0.0705 e. The molecule has 0 amide bonds. The van der Waals surface area contributed by atoms with E-state index in [4.69, 9.17) is 0 Å². The lowest BCUT2D eigenvalue weighted by atomic mass is 10.1. The van der Waals surface area contributed by atoms with Crippen LogP contribution in [0.4, 0.5) is 0 Å². The number of benzene rings is 1. The summed E-state index contributed by atoms with van der Waals surface area (Å²) in [5.74, 6) is 0. The third-order valence-corrected chi connectivity index (χ3v) is 3.30. The lowest BCUT2D eigenvalue weighted by Gasteiger charge is -2.06. The summed E-state index contributed by atoms with van der Waals surface area (Å²) in [6.07, 6.45) is 3.11. The number of para-hydroxylation sites is 1. The van der Waals surface area contributed by atoms with Crippen LogP contribution in [0.25, 0.3) is 10.9 Å². The summed E-state index contributed by atoms with van der Waals surface area (Å²) >= 11 is 2.41. The van der Waals surface area contributed by atoms with Gasteiger partial charge in [0.05, 0.1) is 5.52 Å². The fraction of sp³-hybridized carbons (Fsp3) is 0.308. The van der Waals surface area contributed by atoms with Crippen LogP contribution in [-0.2, 0) is 6.54 Å². The van der Waals surface area contributed by atoms with Crippen LogP contribution < -0.4 is 5.32 Å². The second-order valence-corrected chi connectivity index (χ2v) is 4.79. The molecular weight excluding hydrogens is 311 g/mol. The maximum atomic E-state index is 4.36. The van der Waals surface area contributed by atoms with E-state index >= 15 is 0 Å². The molecule has 1 aromatic carbocycles. The van der Waals surface area contributed by atoms with Crippen molar-refractivity contribution in [1.82, 2.24) is 10.3 Å². The van der Waals surface area contributed by atoms with Gasteiger partial charge < -0.3 is 5.32 Å². The summed E-state index contributed by atoms with van der Waals surface area (Å²) in [4.78, 5) is 4.36. The average molecular weight is 326 g/mol. The van der Waals surface area contributed by atoms with E-state index in [0.717, 1.165) is 18.6 Å². The minimum absolute atomic E-state index is 0.930. The first-order valence-electron chi connectivity index (χ1n) is 5.51. The molecule has 1 heterocycles. The van der Waals surface area contributed by atoms with Crippen LogP contribution in [0.5, 0.6) is 0 Å². The van der Waals surface area contributed by atoms with Gasteiger partial charge in [0.1, 0.15) is 0 Å². The van der Waals surface area contributed by atoms with Gasteiger partial charge in [-0.1, -0.05) is 40.8 Å². The van der Waals surface area contributed by atoms with Crippen molar-refractivity contribution in [3.63, 3.8) is 0 Å². The van der Waals surface area contributed by atoms with Gasteiger partial charge in [0.2, 0.25) is 0 Å². The van der Waals surface area contributed by atoms with Crippen molar-refractivity contribution in [3.05, 3.63) is 42.1 Å². The van der Waals surface area contributed by atoms with Gasteiger partial charge in [0, 0.05) is 22.6 Å². The molecule has 16 heavy (non-hydrogen) atoms. The number of rotatable bonds is 5. The van der Waals surface area contributed by atoms with Crippen LogP contribution in [0.3, 0.4) is 0 Å². The average Bonchev–Trinajstić information content (AvgIpc) is 2.35. The molecule has 0 saturated carbocycles. The van der Waals surface area contributed by atoms with Gasteiger partial charge in [-0.2, -0.15) is 0 Å². The number of nitrogens with zero attached hydrogens (tertiary/aromatic N) is 1. The molecule has 1 N–H and O–H groups in total. The summed E-state index contributed by atoms with van der Waals surface area (Å²) in [5.41, 5.74) is 2.41. The fourth-order valence-electron chi connectivity index (χ4n) is 1.72. The first kappa shape index (κ1) is 11.8. The molecule has 0 saturated heterocycles. The van der Waals surface area contributed by atoms with Crippen molar-refractivity contribution in [3.8, 4) is 0 Å². The number of nitrogens with one attached hydrogen (secondary N) is 1. The quantitative estimate of drug-likeness (QED) is 0.519. The van der Waals surface area contributed by atoms with E-state index in [1.54, 1.807) is 0 Å². The molecule has 84 valence electrons. The number of alkyl halides is 1. The minimum Gasteiger partial charge on any atom is -0.313 e.